The van der Waals surface area contributed by atoms with Crippen molar-refractivity contribution in [2.75, 3.05) is 10.6 Å². The molecule has 31 heavy (non-hydrogen) atoms. The van der Waals surface area contributed by atoms with E-state index in [2.05, 4.69) is 20.6 Å². The first-order chi connectivity index (χ1) is 15.1. The highest BCUT2D eigenvalue weighted by Crippen LogP contribution is 2.35. The highest BCUT2D eigenvalue weighted by molar-refractivity contribution is 5.74. The summed E-state index contributed by atoms with van der Waals surface area (Å²) in [5.41, 5.74) is 2.02. The normalized spacial score (nSPS) is 10.6. The van der Waals surface area contributed by atoms with Crippen LogP contribution < -0.4 is 10.6 Å². The Balaban J connectivity index is 1.74. The Hall–Kier alpha value is -4.33. The van der Waals surface area contributed by atoms with E-state index in [0.717, 1.165) is 11.1 Å². The van der Waals surface area contributed by atoms with Gasteiger partial charge in [0.2, 0.25) is 11.6 Å². The maximum absolute atomic E-state index is 13.2. The molecule has 0 saturated heterocycles. The summed E-state index contributed by atoms with van der Waals surface area (Å²) in [5, 5.41) is 18.0. The summed E-state index contributed by atoms with van der Waals surface area (Å²) in [4.78, 5) is 19.6. The Morgan fingerprint density at radius 2 is 1.35 bits per heavy atom. The zero-order valence-corrected chi connectivity index (χ0v) is 16.3. The number of nitrogens with zero attached hydrogens (tertiary/aromatic N) is 3. The highest BCUT2D eigenvalue weighted by atomic mass is 19.1. The predicted molar refractivity (Wildman–Crippen MR) is 117 cm³/mol. The molecule has 0 radical (unpaired) electrons. The minimum absolute atomic E-state index is 0.00832. The highest BCUT2D eigenvalue weighted by Gasteiger charge is 2.26. The Kier molecular flexibility index (Phi) is 5.79. The van der Waals surface area contributed by atoms with E-state index in [1.165, 1.54) is 30.6 Å². The number of nitro groups is 1. The monoisotopic (exact) mass is 415 g/mol. The van der Waals surface area contributed by atoms with Gasteiger partial charge in [-0.25, -0.2) is 14.4 Å². The molecular formula is C23H18FN5O2. The summed E-state index contributed by atoms with van der Waals surface area (Å²) in [5.74, 6) is -0.324. The number of aromatic nitrogens is 2. The third-order valence-electron chi connectivity index (χ3n) is 4.66. The van der Waals surface area contributed by atoms with Gasteiger partial charge < -0.3 is 10.6 Å². The van der Waals surface area contributed by atoms with E-state index in [9.17, 15) is 14.5 Å². The van der Waals surface area contributed by atoms with Crippen LogP contribution in [0.3, 0.4) is 0 Å². The van der Waals surface area contributed by atoms with E-state index in [4.69, 9.17) is 0 Å². The summed E-state index contributed by atoms with van der Waals surface area (Å²) < 4.78 is 13.2. The summed E-state index contributed by atoms with van der Waals surface area (Å²) >= 11 is 0. The van der Waals surface area contributed by atoms with Crippen molar-refractivity contribution < 1.29 is 9.31 Å². The standard InChI is InChI=1S/C23H18FN5O2/c24-18-11-13-19(14-12-18)27-22-21(29(30)31)23(26-15-25-22)28-20(16-7-3-1-4-8-16)17-9-5-2-6-10-17/h1-15,20H,(H2,25,26,27,28). The van der Waals surface area contributed by atoms with Gasteiger partial charge in [-0.2, -0.15) is 0 Å². The number of benzene rings is 3. The van der Waals surface area contributed by atoms with E-state index >= 15 is 0 Å². The molecule has 154 valence electrons. The molecule has 0 saturated carbocycles. The van der Waals surface area contributed by atoms with Gasteiger partial charge >= 0.3 is 5.69 Å². The second kappa shape index (κ2) is 9.00. The number of hydrogen-bond acceptors (Lipinski definition) is 6. The van der Waals surface area contributed by atoms with Gasteiger partial charge in [0, 0.05) is 5.69 Å². The lowest BCUT2D eigenvalue weighted by atomic mass is 9.99. The van der Waals surface area contributed by atoms with Crippen molar-refractivity contribution in [2.45, 2.75) is 6.04 Å². The van der Waals surface area contributed by atoms with Crippen LogP contribution in [-0.4, -0.2) is 14.9 Å². The molecule has 0 fully saturated rings. The van der Waals surface area contributed by atoms with Gasteiger partial charge in [-0.15, -0.1) is 0 Å². The van der Waals surface area contributed by atoms with Crippen molar-refractivity contribution in [2.24, 2.45) is 0 Å². The summed E-state index contributed by atoms with van der Waals surface area (Å²) in [7, 11) is 0. The van der Waals surface area contributed by atoms with Crippen LogP contribution in [0.2, 0.25) is 0 Å². The predicted octanol–water partition coefficient (Wildman–Crippen LogP) is 5.47. The lowest BCUT2D eigenvalue weighted by Crippen LogP contribution is -2.15. The van der Waals surface area contributed by atoms with E-state index in [0.29, 0.717) is 5.69 Å². The molecule has 4 aromatic rings. The second-order valence-electron chi connectivity index (χ2n) is 6.71. The summed E-state index contributed by atoms with van der Waals surface area (Å²) in [6.07, 6.45) is 1.24. The third kappa shape index (κ3) is 4.64. The van der Waals surface area contributed by atoms with Crippen molar-refractivity contribution in [3.63, 3.8) is 0 Å². The first-order valence-corrected chi connectivity index (χ1v) is 9.50. The Labute approximate surface area is 177 Å². The minimum Gasteiger partial charge on any atom is -0.353 e. The van der Waals surface area contributed by atoms with Crippen molar-refractivity contribution in [3.8, 4) is 0 Å². The SMILES string of the molecule is O=[N+]([O-])c1c(Nc2ccc(F)cc2)ncnc1NC(c1ccccc1)c1ccccc1. The number of nitrogens with one attached hydrogen (secondary N) is 2. The smallest absolute Gasteiger partial charge is 0.353 e. The topological polar surface area (TPSA) is 93.0 Å². The van der Waals surface area contributed by atoms with Crippen molar-refractivity contribution >= 4 is 23.0 Å². The second-order valence-corrected chi connectivity index (χ2v) is 6.71. The molecule has 7 nitrogen and oxygen atoms in total. The molecule has 0 bridgehead atoms. The largest absolute Gasteiger partial charge is 0.353 e. The average molecular weight is 415 g/mol. The van der Waals surface area contributed by atoms with Crippen LogP contribution in [0.25, 0.3) is 0 Å². The molecular weight excluding hydrogens is 397 g/mol. The lowest BCUT2D eigenvalue weighted by molar-refractivity contribution is -0.383. The van der Waals surface area contributed by atoms with Crippen LogP contribution in [0, 0.1) is 15.9 Å². The maximum Gasteiger partial charge on any atom is 0.353 e. The van der Waals surface area contributed by atoms with Crippen LogP contribution >= 0.6 is 0 Å². The first-order valence-electron chi connectivity index (χ1n) is 9.50. The van der Waals surface area contributed by atoms with Gasteiger partial charge in [0.1, 0.15) is 12.1 Å². The average Bonchev–Trinajstić information content (AvgIpc) is 2.80. The van der Waals surface area contributed by atoms with Crippen LogP contribution in [0.4, 0.5) is 27.4 Å². The lowest BCUT2D eigenvalue weighted by Gasteiger charge is -2.20. The van der Waals surface area contributed by atoms with Gasteiger partial charge in [0.25, 0.3) is 0 Å². The zero-order chi connectivity index (χ0) is 21.6. The maximum atomic E-state index is 13.2. The van der Waals surface area contributed by atoms with E-state index in [-0.39, 0.29) is 23.4 Å². The van der Waals surface area contributed by atoms with Crippen molar-refractivity contribution in [1.82, 2.24) is 9.97 Å². The van der Waals surface area contributed by atoms with Gasteiger partial charge in [0.05, 0.1) is 11.0 Å². The Morgan fingerprint density at radius 3 is 1.90 bits per heavy atom. The molecule has 0 aliphatic rings. The molecule has 0 unspecified atom stereocenters. The molecule has 0 atom stereocenters. The number of halogens is 1. The molecule has 1 aromatic heterocycles. The van der Waals surface area contributed by atoms with E-state index < -0.39 is 10.7 Å². The van der Waals surface area contributed by atoms with Gasteiger partial charge in [-0.1, -0.05) is 60.7 Å². The molecule has 0 amide bonds. The molecule has 0 aliphatic carbocycles. The Bertz CT molecular complexity index is 1130. The fourth-order valence-corrected chi connectivity index (χ4v) is 3.21. The number of anilines is 3. The van der Waals surface area contributed by atoms with Crippen LogP contribution in [-0.2, 0) is 0 Å². The molecule has 2 N–H and O–H groups in total. The molecule has 3 aromatic carbocycles. The molecule has 8 heteroatoms. The van der Waals surface area contributed by atoms with Gasteiger partial charge in [-0.3, -0.25) is 10.1 Å². The fraction of sp³-hybridized carbons (Fsp3) is 0.0435. The number of rotatable bonds is 7. The quantitative estimate of drug-likeness (QED) is 0.307. The fourth-order valence-electron chi connectivity index (χ4n) is 3.21. The molecule has 0 aliphatic heterocycles. The zero-order valence-electron chi connectivity index (χ0n) is 16.3. The third-order valence-corrected chi connectivity index (χ3v) is 4.66. The van der Waals surface area contributed by atoms with Crippen LogP contribution in [0.1, 0.15) is 17.2 Å². The van der Waals surface area contributed by atoms with Gasteiger partial charge in [0.15, 0.2) is 0 Å². The van der Waals surface area contributed by atoms with Crippen LogP contribution in [0.15, 0.2) is 91.3 Å². The molecule has 4 rings (SSSR count). The van der Waals surface area contributed by atoms with Gasteiger partial charge in [-0.05, 0) is 35.4 Å². The van der Waals surface area contributed by atoms with E-state index in [1.54, 1.807) is 0 Å². The first kappa shape index (κ1) is 20.0. The Morgan fingerprint density at radius 1 is 0.806 bits per heavy atom. The van der Waals surface area contributed by atoms with Crippen LogP contribution in [0.5, 0.6) is 0 Å². The summed E-state index contributed by atoms with van der Waals surface area (Å²) in [6, 6.07) is 24.3. The molecule has 1 heterocycles. The number of hydrogen-bond donors (Lipinski definition) is 2. The van der Waals surface area contributed by atoms with Crippen molar-refractivity contribution in [1.29, 1.82) is 0 Å². The van der Waals surface area contributed by atoms with Crippen molar-refractivity contribution in [3.05, 3.63) is 118 Å². The summed E-state index contributed by atoms with van der Waals surface area (Å²) in [6.45, 7) is 0. The molecule has 0 spiro atoms. The minimum atomic E-state index is -0.540. The van der Waals surface area contributed by atoms with E-state index in [1.807, 2.05) is 60.7 Å².